The highest BCUT2D eigenvalue weighted by molar-refractivity contribution is 6.06. The zero-order valence-corrected chi connectivity index (χ0v) is 16.0. The van der Waals surface area contributed by atoms with E-state index < -0.39 is 0 Å². The van der Waals surface area contributed by atoms with Gasteiger partial charge < -0.3 is 20.1 Å². The van der Waals surface area contributed by atoms with Gasteiger partial charge in [-0.1, -0.05) is 0 Å². The number of aromatic nitrogens is 2. The lowest BCUT2D eigenvalue weighted by molar-refractivity contribution is 0.102. The van der Waals surface area contributed by atoms with Gasteiger partial charge in [-0.3, -0.25) is 4.79 Å². The topological polar surface area (TPSA) is 64.3 Å². The minimum absolute atomic E-state index is 0.121. The van der Waals surface area contributed by atoms with E-state index in [9.17, 15) is 4.79 Å². The van der Waals surface area contributed by atoms with Crippen molar-refractivity contribution in [2.45, 2.75) is 13.8 Å². The maximum atomic E-state index is 12.6. The van der Waals surface area contributed by atoms with Gasteiger partial charge in [-0.15, -0.1) is 0 Å². The number of aryl methyl sites for hydroxylation is 2. The van der Waals surface area contributed by atoms with Gasteiger partial charge in [0.25, 0.3) is 5.91 Å². The summed E-state index contributed by atoms with van der Waals surface area (Å²) in [6.07, 6.45) is 1.73. The summed E-state index contributed by atoms with van der Waals surface area (Å²) in [6, 6.07) is 9.64. The van der Waals surface area contributed by atoms with Crippen molar-refractivity contribution in [1.82, 2.24) is 14.9 Å². The second-order valence-corrected chi connectivity index (χ2v) is 7.28. The van der Waals surface area contributed by atoms with Crippen molar-refractivity contribution in [1.29, 1.82) is 0 Å². The smallest absolute Gasteiger partial charge is 0.255 e. The van der Waals surface area contributed by atoms with Crippen molar-refractivity contribution < 1.29 is 4.79 Å². The molecule has 2 aromatic heterocycles. The Hall–Kier alpha value is -2.86. The summed E-state index contributed by atoms with van der Waals surface area (Å²) in [5.41, 5.74) is 4.72. The number of nitrogens with zero attached hydrogens (tertiary/aromatic N) is 3. The average molecular weight is 363 g/mol. The Labute approximate surface area is 159 Å². The van der Waals surface area contributed by atoms with Crippen LogP contribution < -0.4 is 10.2 Å². The van der Waals surface area contributed by atoms with Gasteiger partial charge in [-0.05, 0) is 56.8 Å². The van der Waals surface area contributed by atoms with E-state index in [0.29, 0.717) is 11.3 Å². The molecule has 0 saturated carbocycles. The third-order valence-corrected chi connectivity index (χ3v) is 5.40. The zero-order valence-electron chi connectivity index (χ0n) is 16.0. The van der Waals surface area contributed by atoms with E-state index in [1.807, 2.05) is 37.3 Å². The molecule has 6 heteroatoms. The predicted octanol–water partition coefficient (Wildman–Crippen LogP) is 3.18. The number of likely N-dealkylation sites (N-methyl/N-ethyl adjacent to an activating group) is 1. The molecule has 2 N–H and O–H groups in total. The number of H-pyrrole nitrogens is 1. The largest absolute Gasteiger partial charge is 0.358 e. The molecule has 0 unspecified atom stereocenters. The van der Waals surface area contributed by atoms with Crippen LogP contribution in [-0.2, 0) is 0 Å². The van der Waals surface area contributed by atoms with Crippen LogP contribution in [0.25, 0.3) is 10.9 Å². The van der Waals surface area contributed by atoms with Gasteiger partial charge in [0, 0.05) is 48.3 Å². The minimum Gasteiger partial charge on any atom is -0.358 e. The molecule has 1 aliphatic heterocycles. The molecule has 27 heavy (non-hydrogen) atoms. The molecular formula is C21H25N5O. The monoisotopic (exact) mass is 363 g/mol. The van der Waals surface area contributed by atoms with E-state index in [1.165, 1.54) is 5.56 Å². The summed E-state index contributed by atoms with van der Waals surface area (Å²) in [6.45, 7) is 8.15. The number of anilines is 2. The molecule has 1 saturated heterocycles. The van der Waals surface area contributed by atoms with Crippen molar-refractivity contribution in [3.63, 3.8) is 0 Å². The molecule has 3 heterocycles. The molecule has 0 bridgehead atoms. The SMILES string of the molecule is Cc1[nH]c2ccc(C(=O)Nc3ccc(N4CCN(C)CC4)nc3)cc2c1C. The first-order valence-electron chi connectivity index (χ1n) is 9.31. The van der Waals surface area contributed by atoms with Gasteiger partial charge in [-0.25, -0.2) is 4.98 Å². The fourth-order valence-electron chi connectivity index (χ4n) is 3.49. The lowest BCUT2D eigenvalue weighted by Gasteiger charge is -2.33. The molecule has 0 aliphatic carbocycles. The van der Waals surface area contributed by atoms with Crippen LogP contribution in [-0.4, -0.2) is 54.0 Å². The normalized spacial score (nSPS) is 15.3. The van der Waals surface area contributed by atoms with E-state index in [4.69, 9.17) is 0 Å². The van der Waals surface area contributed by atoms with Crippen LogP contribution in [0, 0.1) is 13.8 Å². The zero-order chi connectivity index (χ0) is 19.0. The molecule has 6 nitrogen and oxygen atoms in total. The Morgan fingerprint density at radius 3 is 2.59 bits per heavy atom. The second-order valence-electron chi connectivity index (χ2n) is 7.28. The first-order chi connectivity index (χ1) is 13.0. The lowest BCUT2D eigenvalue weighted by atomic mass is 10.1. The number of amides is 1. The van der Waals surface area contributed by atoms with Crippen LogP contribution in [0.1, 0.15) is 21.6 Å². The van der Waals surface area contributed by atoms with E-state index in [2.05, 4.69) is 39.1 Å². The number of carbonyl (C=O) groups is 1. The quantitative estimate of drug-likeness (QED) is 0.750. The summed E-state index contributed by atoms with van der Waals surface area (Å²) < 4.78 is 0. The number of pyridine rings is 1. The van der Waals surface area contributed by atoms with Crippen LogP contribution in [0.2, 0.25) is 0 Å². The summed E-state index contributed by atoms with van der Waals surface area (Å²) in [4.78, 5) is 25.1. The maximum Gasteiger partial charge on any atom is 0.255 e. The van der Waals surface area contributed by atoms with E-state index in [0.717, 1.165) is 48.6 Å². The van der Waals surface area contributed by atoms with Gasteiger partial charge in [-0.2, -0.15) is 0 Å². The Bertz CT molecular complexity index is 968. The number of aromatic amines is 1. The summed E-state index contributed by atoms with van der Waals surface area (Å²) in [7, 11) is 2.14. The van der Waals surface area contributed by atoms with Gasteiger partial charge >= 0.3 is 0 Å². The maximum absolute atomic E-state index is 12.6. The third-order valence-electron chi connectivity index (χ3n) is 5.40. The number of rotatable bonds is 3. The van der Waals surface area contributed by atoms with E-state index in [-0.39, 0.29) is 5.91 Å². The summed E-state index contributed by atoms with van der Waals surface area (Å²) in [5, 5.41) is 4.03. The van der Waals surface area contributed by atoms with Crippen LogP contribution in [0.5, 0.6) is 0 Å². The summed E-state index contributed by atoms with van der Waals surface area (Å²) >= 11 is 0. The van der Waals surface area contributed by atoms with Crippen molar-refractivity contribution in [3.05, 3.63) is 53.3 Å². The van der Waals surface area contributed by atoms with Crippen LogP contribution in [0.15, 0.2) is 36.5 Å². The number of hydrogen-bond acceptors (Lipinski definition) is 4. The Balaban J connectivity index is 1.47. The van der Waals surface area contributed by atoms with Gasteiger partial charge in [0.15, 0.2) is 0 Å². The molecule has 3 aromatic rings. The first-order valence-corrected chi connectivity index (χ1v) is 9.31. The molecule has 1 fully saturated rings. The summed E-state index contributed by atoms with van der Waals surface area (Å²) in [5.74, 6) is 0.838. The highest BCUT2D eigenvalue weighted by Crippen LogP contribution is 2.23. The molecule has 0 atom stereocenters. The molecule has 1 amide bonds. The third kappa shape index (κ3) is 3.53. The number of piperazine rings is 1. The number of carbonyl (C=O) groups excluding carboxylic acids is 1. The molecule has 1 aliphatic rings. The fourth-order valence-corrected chi connectivity index (χ4v) is 3.49. The second kappa shape index (κ2) is 7.04. The number of fused-ring (bicyclic) bond motifs is 1. The lowest BCUT2D eigenvalue weighted by Crippen LogP contribution is -2.44. The molecule has 4 rings (SSSR count). The number of nitrogens with one attached hydrogen (secondary N) is 2. The molecule has 140 valence electrons. The standard InChI is InChI=1S/C21H25N5O/c1-14-15(2)23-19-6-4-16(12-18(14)19)21(27)24-17-5-7-20(22-13-17)26-10-8-25(3)9-11-26/h4-7,12-13,23H,8-11H2,1-3H3,(H,24,27). The Morgan fingerprint density at radius 1 is 1.11 bits per heavy atom. The van der Waals surface area contributed by atoms with Crippen LogP contribution in [0.3, 0.4) is 0 Å². The molecule has 1 aromatic carbocycles. The fraction of sp³-hybridized carbons (Fsp3) is 0.333. The molecular weight excluding hydrogens is 338 g/mol. The first kappa shape index (κ1) is 17.5. The van der Waals surface area contributed by atoms with E-state index in [1.54, 1.807) is 6.20 Å². The van der Waals surface area contributed by atoms with Crippen molar-refractivity contribution in [2.24, 2.45) is 0 Å². The average Bonchev–Trinajstić information content (AvgIpc) is 2.96. The molecule has 0 spiro atoms. The van der Waals surface area contributed by atoms with Crippen LogP contribution in [0.4, 0.5) is 11.5 Å². The highest BCUT2D eigenvalue weighted by Gasteiger charge is 2.15. The van der Waals surface area contributed by atoms with Gasteiger partial charge in [0.05, 0.1) is 11.9 Å². The van der Waals surface area contributed by atoms with Crippen LogP contribution >= 0.6 is 0 Å². The minimum atomic E-state index is -0.121. The Morgan fingerprint density at radius 2 is 1.89 bits per heavy atom. The Kier molecular flexibility index (Phi) is 4.58. The van der Waals surface area contributed by atoms with Crippen molar-refractivity contribution in [2.75, 3.05) is 43.4 Å². The van der Waals surface area contributed by atoms with Crippen molar-refractivity contribution in [3.8, 4) is 0 Å². The number of hydrogen-bond donors (Lipinski definition) is 2. The highest BCUT2D eigenvalue weighted by atomic mass is 16.1. The van der Waals surface area contributed by atoms with Gasteiger partial charge in [0.1, 0.15) is 5.82 Å². The van der Waals surface area contributed by atoms with Crippen molar-refractivity contribution >= 4 is 28.3 Å². The van der Waals surface area contributed by atoms with Gasteiger partial charge in [0.2, 0.25) is 0 Å². The molecule has 0 radical (unpaired) electrons. The predicted molar refractivity (Wildman–Crippen MR) is 110 cm³/mol. The number of benzene rings is 1. The van der Waals surface area contributed by atoms with E-state index >= 15 is 0 Å².